The number of likely N-dealkylation sites (tertiary alicyclic amines) is 1. The quantitative estimate of drug-likeness (QED) is 0.199. The van der Waals surface area contributed by atoms with Gasteiger partial charge in [-0.25, -0.2) is 4.79 Å². The van der Waals surface area contributed by atoms with Crippen molar-refractivity contribution in [2.45, 2.75) is 134 Å². The zero-order valence-electron chi connectivity index (χ0n) is 28.7. The molecular weight excluding hydrogens is 610 g/mol. The van der Waals surface area contributed by atoms with Crippen LogP contribution in [0.1, 0.15) is 109 Å². The second-order valence-electron chi connectivity index (χ2n) is 15.4. The Morgan fingerprint density at radius 1 is 0.938 bits per heavy atom. The van der Waals surface area contributed by atoms with Crippen LogP contribution in [-0.2, 0) is 25.6 Å². The molecule has 1 aromatic rings. The van der Waals surface area contributed by atoms with Crippen molar-refractivity contribution in [1.29, 1.82) is 0 Å². The summed E-state index contributed by atoms with van der Waals surface area (Å²) in [6.07, 6.45) is 12.5. The van der Waals surface area contributed by atoms with Gasteiger partial charge in [-0.2, -0.15) is 0 Å². The number of aromatic hydroxyl groups is 1. The van der Waals surface area contributed by atoms with E-state index in [0.717, 1.165) is 82.6 Å². The number of nitrogens with one attached hydrogen (secondary N) is 3. The standard InChI is InChI=1S/C37H55N5O6/c1-23(2)27-20-30(34(46)39-29(19-24-14-15-24)32(44)33(38)45)42(22-27)35(47)31(26-11-5-3-6-12-26)40-36(48)41-37(16-7-4-8-17-37)21-25-10-9-13-28(43)18-25/h9-10,13,18,23-24,26-27,29-31,43H,3-8,11-12,14-17,19-22H2,1-2H3,(H2,38,45)(H,39,46)(H2,40,41,48)/t27-,29?,30+,31+/m1/s1. The molecule has 4 aliphatic rings. The van der Waals surface area contributed by atoms with Crippen LogP contribution >= 0.6 is 0 Å². The molecule has 3 aliphatic carbocycles. The predicted octanol–water partition coefficient (Wildman–Crippen LogP) is 4.10. The number of phenolic OH excluding ortho intramolecular Hbond substituents is 1. The third-order valence-corrected chi connectivity index (χ3v) is 11.3. The topological polar surface area (TPSA) is 171 Å². The average molecular weight is 666 g/mol. The SMILES string of the molecule is CC(C)[C@@H]1C[C@@H](C(=O)NC(CC2CC2)C(=O)C(N)=O)N(C(=O)[C@@H](NC(=O)NC2(Cc3cccc(O)c3)CCCCC2)C2CCCCC2)C1. The predicted molar refractivity (Wildman–Crippen MR) is 182 cm³/mol. The first-order chi connectivity index (χ1) is 22.9. The zero-order chi connectivity index (χ0) is 34.4. The number of carbonyl (C=O) groups excluding carboxylic acids is 5. The molecule has 4 atom stereocenters. The number of hydrogen-bond acceptors (Lipinski definition) is 6. The van der Waals surface area contributed by atoms with Gasteiger partial charge in [0.25, 0.3) is 5.91 Å². The lowest BCUT2D eigenvalue weighted by atomic mass is 9.77. The van der Waals surface area contributed by atoms with Crippen molar-refractivity contribution in [2.75, 3.05) is 6.54 Å². The normalized spacial score (nSPS) is 24.0. The first-order valence-electron chi connectivity index (χ1n) is 18.3. The number of hydrogen-bond donors (Lipinski definition) is 5. The Morgan fingerprint density at radius 3 is 2.25 bits per heavy atom. The van der Waals surface area contributed by atoms with Crippen LogP contribution in [0.2, 0.25) is 0 Å². The van der Waals surface area contributed by atoms with E-state index >= 15 is 0 Å². The van der Waals surface area contributed by atoms with Crippen LogP contribution < -0.4 is 21.7 Å². The Bertz CT molecular complexity index is 1330. The van der Waals surface area contributed by atoms with Crippen LogP contribution in [0.4, 0.5) is 4.79 Å². The number of rotatable bonds is 13. The second kappa shape index (κ2) is 15.7. The molecule has 4 fully saturated rings. The molecule has 5 rings (SSSR count). The molecule has 0 radical (unpaired) electrons. The van der Waals surface area contributed by atoms with E-state index in [4.69, 9.17) is 5.73 Å². The van der Waals surface area contributed by atoms with Gasteiger partial charge in [-0.05, 0) is 86.3 Å². The van der Waals surface area contributed by atoms with Crippen LogP contribution in [0.3, 0.4) is 0 Å². The summed E-state index contributed by atoms with van der Waals surface area (Å²) in [6, 6.07) is 4.12. The molecule has 11 heteroatoms. The summed E-state index contributed by atoms with van der Waals surface area (Å²) in [7, 11) is 0. The summed E-state index contributed by atoms with van der Waals surface area (Å²) in [5.41, 5.74) is 5.77. The molecule has 1 aromatic carbocycles. The highest BCUT2D eigenvalue weighted by Crippen LogP contribution is 2.36. The summed E-state index contributed by atoms with van der Waals surface area (Å²) in [4.78, 5) is 68.5. The molecule has 1 unspecified atom stereocenters. The van der Waals surface area contributed by atoms with Crippen LogP contribution in [0, 0.1) is 23.7 Å². The minimum atomic E-state index is -1.08. The van der Waals surface area contributed by atoms with E-state index in [0.29, 0.717) is 25.8 Å². The van der Waals surface area contributed by atoms with E-state index in [9.17, 15) is 29.1 Å². The first kappa shape index (κ1) is 35.7. The van der Waals surface area contributed by atoms with Gasteiger partial charge in [-0.15, -0.1) is 0 Å². The number of nitrogens with zero attached hydrogens (tertiary/aromatic N) is 1. The van der Waals surface area contributed by atoms with Crippen molar-refractivity contribution in [3.8, 4) is 5.75 Å². The average Bonchev–Trinajstić information content (AvgIpc) is 3.76. The molecule has 1 saturated heterocycles. The highest BCUT2D eigenvalue weighted by atomic mass is 16.3. The fourth-order valence-electron chi connectivity index (χ4n) is 8.28. The maximum Gasteiger partial charge on any atom is 0.315 e. The summed E-state index contributed by atoms with van der Waals surface area (Å²) < 4.78 is 0. The van der Waals surface area contributed by atoms with E-state index in [1.54, 1.807) is 17.0 Å². The van der Waals surface area contributed by atoms with Crippen molar-refractivity contribution >= 4 is 29.5 Å². The van der Waals surface area contributed by atoms with Gasteiger partial charge in [0.1, 0.15) is 17.8 Å². The molecule has 3 saturated carbocycles. The lowest BCUT2D eigenvalue weighted by molar-refractivity contribution is -0.143. The van der Waals surface area contributed by atoms with Gasteiger partial charge in [-0.3, -0.25) is 19.2 Å². The van der Waals surface area contributed by atoms with E-state index in [-0.39, 0.29) is 35.3 Å². The van der Waals surface area contributed by atoms with Crippen molar-refractivity contribution in [2.24, 2.45) is 29.4 Å². The fraction of sp³-hybridized carbons (Fsp3) is 0.703. The molecule has 1 heterocycles. The number of carbonyl (C=O) groups is 5. The van der Waals surface area contributed by atoms with Crippen LogP contribution in [-0.4, -0.2) is 69.8 Å². The smallest absolute Gasteiger partial charge is 0.315 e. The second-order valence-corrected chi connectivity index (χ2v) is 15.4. The van der Waals surface area contributed by atoms with Crippen molar-refractivity contribution < 1.29 is 29.1 Å². The molecule has 0 bridgehead atoms. The molecule has 5 amide bonds. The minimum Gasteiger partial charge on any atom is -0.508 e. The molecule has 1 aliphatic heterocycles. The molecule has 11 nitrogen and oxygen atoms in total. The number of nitrogens with two attached hydrogens (primary N) is 1. The van der Waals surface area contributed by atoms with E-state index < -0.39 is 47.3 Å². The maximum absolute atomic E-state index is 14.6. The zero-order valence-corrected chi connectivity index (χ0v) is 28.7. The molecule has 6 N–H and O–H groups in total. The van der Waals surface area contributed by atoms with Crippen molar-refractivity contribution in [3.05, 3.63) is 29.8 Å². The van der Waals surface area contributed by atoms with Gasteiger partial charge in [0.2, 0.25) is 17.6 Å². The number of primary amides is 1. The number of benzene rings is 1. The third kappa shape index (κ3) is 9.08. The number of urea groups is 1. The Kier molecular flexibility index (Phi) is 11.7. The van der Waals surface area contributed by atoms with E-state index in [2.05, 4.69) is 29.8 Å². The Labute approximate surface area is 284 Å². The van der Waals surface area contributed by atoms with Gasteiger partial charge >= 0.3 is 6.03 Å². The Hall–Kier alpha value is -3.63. The number of phenols is 1. The van der Waals surface area contributed by atoms with E-state index in [1.165, 1.54) is 0 Å². The van der Waals surface area contributed by atoms with Crippen molar-refractivity contribution in [1.82, 2.24) is 20.9 Å². The van der Waals surface area contributed by atoms with Crippen LogP contribution in [0.15, 0.2) is 24.3 Å². The number of amides is 5. The molecule has 48 heavy (non-hydrogen) atoms. The monoisotopic (exact) mass is 665 g/mol. The van der Waals surface area contributed by atoms with Gasteiger partial charge in [0.15, 0.2) is 0 Å². The lowest BCUT2D eigenvalue weighted by Crippen LogP contribution is -2.61. The minimum absolute atomic E-state index is 0.0621. The van der Waals surface area contributed by atoms with E-state index in [1.807, 2.05) is 12.1 Å². The number of Topliss-reactive ketones (excluding diaryl/α,β-unsaturated/α-hetero) is 1. The van der Waals surface area contributed by atoms with Crippen LogP contribution in [0.5, 0.6) is 5.75 Å². The lowest BCUT2D eigenvalue weighted by Gasteiger charge is -2.40. The first-order valence-corrected chi connectivity index (χ1v) is 18.3. The third-order valence-electron chi connectivity index (χ3n) is 11.3. The van der Waals surface area contributed by atoms with Crippen LogP contribution in [0.25, 0.3) is 0 Å². The highest BCUT2D eigenvalue weighted by Gasteiger charge is 2.46. The maximum atomic E-state index is 14.6. The molecule has 0 aromatic heterocycles. The summed E-state index contributed by atoms with van der Waals surface area (Å²) in [6.45, 7) is 4.51. The largest absolute Gasteiger partial charge is 0.508 e. The fourth-order valence-corrected chi connectivity index (χ4v) is 8.28. The Balaban J connectivity index is 1.36. The van der Waals surface area contributed by atoms with Gasteiger partial charge in [-0.1, -0.05) is 77.3 Å². The summed E-state index contributed by atoms with van der Waals surface area (Å²) in [5, 5.41) is 19.3. The molecular formula is C37H55N5O6. The van der Waals surface area contributed by atoms with Gasteiger partial charge in [0.05, 0.1) is 6.04 Å². The summed E-state index contributed by atoms with van der Waals surface area (Å²) >= 11 is 0. The van der Waals surface area contributed by atoms with Gasteiger partial charge in [0, 0.05) is 12.1 Å². The summed E-state index contributed by atoms with van der Waals surface area (Å²) in [5.74, 6) is -1.95. The highest BCUT2D eigenvalue weighted by molar-refractivity contribution is 6.37. The molecule has 0 spiro atoms. The van der Waals surface area contributed by atoms with Crippen molar-refractivity contribution in [3.63, 3.8) is 0 Å². The number of ketones is 1. The van der Waals surface area contributed by atoms with Gasteiger partial charge < -0.3 is 31.7 Å². The molecule has 264 valence electrons. The Morgan fingerprint density at radius 2 is 1.62 bits per heavy atom.